The normalized spacial score (nSPS) is 33.5. The van der Waals surface area contributed by atoms with E-state index in [1.165, 1.54) is 16.4 Å². The standard InChI is InChI=1S/C20H26FNO4S/c1-19(2)15-7-8-20(19,18(23)11-15)13-27(24,25)22-9-10-26-17(12-22)14-3-5-16(21)6-4-14/h3-6,15,17H,7-13H2,1-2H3/t15-,17-,20+/m0/s1. The Kier molecular flexibility index (Phi) is 4.48. The molecule has 4 rings (SSSR count). The van der Waals surface area contributed by atoms with Crippen molar-refractivity contribution in [3.8, 4) is 0 Å². The lowest BCUT2D eigenvalue weighted by Crippen LogP contribution is -2.49. The molecule has 0 spiro atoms. The van der Waals surface area contributed by atoms with Gasteiger partial charge < -0.3 is 4.74 Å². The number of halogens is 1. The summed E-state index contributed by atoms with van der Waals surface area (Å²) in [5.41, 5.74) is -0.285. The van der Waals surface area contributed by atoms with Gasteiger partial charge in [-0.05, 0) is 41.9 Å². The third kappa shape index (κ3) is 2.95. The van der Waals surface area contributed by atoms with E-state index in [0.29, 0.717) is 12.8 Å². The van der Waals surface area contributed by atoms with Crippen molar-refractivity contribution >= 4 is 15.8 Å². The fourth-order valence-electron chi connectivity index (χ4n) is 5.27. The zero-order valence-electron chi connectivity index (χ0n) is 15.8. The molecule has 3 aliphatic rings. The highest BCUT2D eigenvalue weighted by Crippen LogP contribution is 2.64. The number of hydrogen-bond acceptors (Lipinski definition) is 4. The van der Waals surface area contributed by atoms with Crippen molar-refractivity contribution in [1.29, 1.82) is 0 Å². The summed E-state index contributed by atoms with van der Waals surface area (Å²) in [6.45, 7) is 4.86. The summed E-state index contributed by atoms with van der Waals surface area (Å²) < 4.78 is 46.8. The Bertz CT molecular complexity index is 851. The van der Waals surface area contributed by atoms with Gasteiger partial charge in [0.25, 0.3) is 0 Å². The minimum atomic E-state index is -3.61. The van der Waals surface area contributed by atoms with Crippen molar-refractivity contribution < 1.29 is 22.3 Å². The fraction of sp³-hybridized carbons (Fsp3) is 0.650. The van der Waals surface area contributed by atoms with Crippen molar-refractivity contribution in [1.82, 2.24) is 4.31 Å². The maximum absolute atomic E-state index is 13.2. The Labute approximate surface area is 159 Å². The van der Waals surface area contributed by atoms with E-state index < -0.39 is 21.5 Å². The lowest BCUT2D eigenvalue weighted by atomic mass is 9.70. The predicted molar refractivity (Wildman–Crippen MR) is 99.0 cm³/mol. The summed E-state index contributed by atoms with van der Waals surface area (Å²) in [5.74, 6) is -0.0539. The first-order valence-corrected chi connectivity index (χ1v) is 11.1. The number of carbonyl (C=O) groups excluding carboxylic acids is 1. The molecule has 1 aliphatic heterocycles. The number of benzene rings is 1. The van der Waals surface area contributed by atoms with E-state index in [0.717, 1.165) is 12.0 Å². The van der Waals surface area contributed by atoms with E-state index >= 15 is 0 Å². The second kappa shape index (κ2) is 6.36. The summed E-state index contributed by atoms with van der Waals surface area (Å²) in [6, 6.07) is 5.95. The third-order valence-corrected chi connectivity index (χ3v) is 9.21. The number of ether oxygens (including phenoxy) is 1. The van der Waals surface area contributed by atoms with Gasteiger partial charge in [-0.1, -0.05) is 26.0 Å². The van der Waals surface area contributed by atoms with Gasteiger partial charge in [-0.3, -0.25) is 4.79 Å². The van der Waals surface area contributed by atoms with Crippen LogP contribution in [0.25, 0.3) is 0 Å². The van der Waals surface area contributed by atoms with Crippen LogP contribution in [0.5, 0.6) is 0 Å². The van der Waals surface area contributed by atoms with Crippen LogP contribution in [0.1, 0.15) is 44.8 Å². The lowest BCUT2D eigenvalue weighted by molar-refractivity contribution is -0.128. The van der Waals surface area contributed by atoms with Crippen molar-refractivity contribution in [2.45, 2.75) is 39.2 Å². The van der Waals surface area contributed by atoms with E-state index in [-0.39, 0.29) is 48.4 Å². The van der Waals surface area contributed by atoms with Crippen LogP contribution in [-0.2, 0) is 19.6 Å². The molecule has 1 heterocycles. The molecule has 0 N–H and O–H groups in total. The number of morpholine rings is 1. The minimum Gasteiger partial charge on any atom is -0.371 e. The maximum Gasteiger partial charge on any atom is 0.215 e. The van der Waals surface area contributed by atoms with Gasteiger partial charge in [-0.15, -0.1) is 0 Å². The zero-order chi connectivity index (χ0) is 19.4. The van der Waals surface area contributed by atoms with Gasteiger partial charge in [0.05, 0.1) is 18.5 Å². The van der Waals surface area contributed by atoms with Gasteiger partial charge >= 0.3 is 0 Å². The zero-order valence-corrected chi connectivity index (χ0v) is 16.6. The molecule has 1 aromatic rings. The Balaban J connectivity index is 1.55. The smallest absolute Gasteiger partial charge is 0.215 e. The first kappa shape index (κ1) is 19.0. The van der Waals surface area contributed by atoms with Crippen LogP contribution in [0.15, 0.2) is 24.3 Å². The van der Waals surface area contributed by atoms with E-state index in [1.54, 1.807) is 12.1 Å². The van der Waals surface area contributed by atoms with E-state index in [1.807, 2.05) is 13.8 Å². The van der Waals surface area contributed by atoms with Crippen molar-refractivity contribution in [2.24, 2.45) is 16.7 Å². The molecule has 0 aromatic heterocycles. The van der Waals surface area contributed by atoms with E-state index in [9.17, 15) is 17.6 Å². The quantitative estimate of drug-likeness (QED) is 0.786. The second-order valence-electron chi connectivity index (χ2n) is 8.69. The highest BCUT2D eigenvalue weighted by Gasteiger charge is 2.65. The second-order valence-corrected chi connectivity index (χ2v) is 10.7. The molecule has 2 aliphatic carbocycles. The number of hydrogen-bond donors (Lipinski definition) is 0. The highest BCUT2D eigenvalue weighted by atomic mass is 32.2. The summed E-state index contributed by atoms with van der Waals surface area (Å²) in [6.07, 6.45) is 1.67. The number of fused-ring (bicyclic) bond motifs is 2. The topological polar surface area (TPSA) is 63.7 Å². The van der Waals surface area contributed by atoms with Crippen molar-refractivity contribution in [3.05, 3.63) is 35.6 Å². The molecule has 2 bridgehead atoms. The summed E-state index contributed by atoms with van der Waals surface area (Å²) in [4.78, 5) is 12.7. The summed E-state index contributed by atoms with van der Waals surface area (Å²) in [5, 5.41) is 0. The van der Waals surface area contributed by atoms with Crippen LogP contribution < -0.4 is 0 Å². The van der Waals surface area contributed by atoms with Crippen LogP contribution in [0, 0.1) is 22.6 Å². The SMILES string of the molecule is CC1(C)[C@H]2CC[C@@]1(CS(=O)(=O)N1CCO[C@H](c3ccc(F)cc3)C1)C(=O)C2. The number of nitrogens with zero attached hydrogens (tertiary/aromatic N) is 1. The van der Waals surface area contributed by atoms with E-state index in [4.69, 9.17) is 4.74 Å². The predicted octanol–water partition coefficient (Wildman–Crippen LogP) is 2.92. The van der Waals surface area contributed by atoms with Gasteiger partial charge in [-0.2, -0.15) is 4.31 Å². The molecule has 27 heavy (non-hydrogen) atoms. The molecule has 0 radical (unpaired) electrons. The number of Topliss-reactive ketones (excluding diaryl/α,β-unsaturated/α-hetero) is 1. The number of carbonyl (C=O) groups is 1. The largest absolute Gasteiger partial charge is 0.371 e. The van der Waals surface area contributed by atoms with Crippen LogP contribution >= 0.6 is 0 Å². The average molecular weight is 395 g/mol. The maximum atomic E-state index is 13.2. The van der Waals surface area contributed by atoms with Gasteiger partial charge in [-0.25, -0.2) is 12.8 Å². The first-order valence-electron chi connectivity index (χ1n) is 9.54. The van der Waals surface area contributed by atoms with Crippen LogP contribution in [0.2, 0.25) is 0 Å². The van der Waals surface area contributed by atoms with Gasteiger partial charge in [0.2, 0.25) is 10.0 Å². The number of rotatable bonds is 4. The fourth-order valence-corrected chi connectivity index (χ4v) is 7.47. The summed E-state index contributed by atoms with van der Waals surface area (Å²) in [7, 11) is -3.61. The molecule has 2 saturated carbocycles. The van der Waals surface area contributed by atoms with E-state index in [2.05, 4.69) is 0 Å². The molecule has 3 atom stereocenters. The van der Waals surface area contributed by atoms with Crippen LogP contribution in [-0.4, -0.2) is 44.0 Å². The van der Waals surface area contributed by atoms with Crippen molar-refractivity contribution in [2.75, 3.05) is 25.4 Å². The number of ketones is 1. The third-order valence-electron chi connectivity index (χ3n) is 7.23. The van der Waals surface area contributed by atoms with Crippen LogP contribution in [0.3, 0.4) is 0 Å². The van der Waals surface area contributed by atoms with Crippen LogP contribution in [0.4, 0.5) is 4.39 Å². The molecule has 0 unspecified atom stereocenters. The van der Waals surface area contributed by atoms with Gasteiger partial charge in [0.1, 0.15) is 11.6 Å². The molecular formula is C20H26FNO4S. The molecular weight excluding hydrogens is 369 g/mol. The molecule has 1 saturated heterocycles. The molecule has 3 fully saturated rings. The minimum absolute atomic E-state index is 0.107. The molecule has 7 heteroatoms. The van der Waals surface area contributed by atoms with Gasteiger partial charge in [0.15, 0.2) is 0 Å². The monoisotopic (exact) mass is 395 g/mol. The average Bonchev–Trinajstić information content (AvgIpc) is 2.96. The number of sulfonamides is 1. The van der Waals surface area contributed by atoms with Gasteiger partial charge in [0, 0.05) is 24.9 Å². The Hall–Kier alpha value is -1.31. The first-order chi connectivity index (χ1) is 12.7. The molecule has 0 amide bonds. The lowest BCUT2D eigenvalue weighted by Gasteiger charge is -2.39. The highest BCUT2D eigenvalue weighted by molar-refractivity contribution is 7.89. The van der Waals surface area contributed by atoms with Crippen molar-refractivity contribution in [3.63, 3.8) is 0 Å². The molecule has 5 nitrogen and oxygen atoms in total. The Morgan fingerprint density at radius 2 is 1.96 bits per heavy atom. The molecule has 1 aromatic carbocycles. The summed E-state index contributed by atoms with van der Waals surface area (Å²) >= 11 is 0. The Morgan fingerprint density at radius 1 is 1.26 bits per heavy atom. The molecule has 148 valence electrons. The Morgan fingerprint density at radius 3 is 2.56 bits per heavy atom.